The predicted molar refractivity (Wildman–Crippen MR) is 123 cm³/mol. The van der Waals surface area contributed by atoms with E-state index in [1.807, 2.05) is 60.7 Å². The van der Waals surface area contributed by atoms with Crippen LogP contribution in [0, 0.1) is 11.8 Å². The van der Waals surface area contributed by atoms with Gasteiger partial charge in [-0.3, -0.25) is 9.59 Å². The van der Waals surface area contributed by atoms with E-state index in [2.05, 4.69) is 0 Å². The molecular formula is C25H29NO5S. The number of carbonyl (C=O) groups excluding carboxylic acids is 2. The van der Waals surface area contributed by atoms with Gasteiger partial charge in [0.05, 0.1) is 13.0 Å². The van der Waals surface area contributed by atoms with Gasteiger partial charge in [0.15, 0.2) is 0 Å². The quantitative estimate of drug-likeness (QED) is 0.578. The van der Waals surface area contributed by atoms with Crippen LogP contribution in [0.5, 0.6) is 0 Å². The molecule has 1 fully saturated rings. The maximum absolute atomic E-state index is 13.4. The fourth-order valence-electron chi connectivity index (χ4n) is 4.18. The highest BCUT2D eigenvalue weighted by Gasteiger charge is 2.43. The zero-order valence-electron chi connectivity index (χ0n) is 18.3. The van der Waals surface area contributed by atoms with Gasteiger partial charge in [-0.2, -0.15) is 0 Å². The number of rotatable bonds is 9. The molecule has 0 aromatic heterocycles. The van der Waals surface area contributed by atoms with E-state index >= 15 is 0 Å². The molecule has 4 atom stereocenters. The summed E-state index contributed by atoms with van der Waals surface area (Å²) in [7, 11) is 1.32. The van der Waals surface area contributed by atoms with E-state index in [1.165, 1.54) is 12.0 Å². The van der Waals surface area contributed by atoms with E-state index in [0.717, 1.165) is 10.5 Å². The van der Waals surface area contributed by atoms with Crippen molar-refractivity contribution >= 4 is 29.6 Å². The van der Waals surface area contributed by atoms with Crippen LogP contribution in [0.25, 0.3) is 0 Å². The number of amides is 1. The summed E-state index contributed by atoms with van der Waals surface area (Å²) in [4.78, 5) is 40.3. The van der Waals surface area contributed by atoms with Gasteiger partial charge in [0.1, 0.15) is 6.04 Å². The van der Waals surface area contributed by atoms with Gasteiger partial charge in [0, 0.05) is 22.6 Å². The molecule has 1 N–H and O–H groups in total. The number of aliphatic carboxylic acids is 1. The lowest BCUT2D eigenvalue weighted by Gasteiger charge is -2.28. The zero-order chi connectivity index (χ0) is 23.1. The van der Waals surface area contributed by atoms with Crippen LogP contribution in [-0.2, 0) is 25.5 Å². The highest BCUT2D eigenvalue weighted by Crippen LogP contribution is 2.35. The van der Waals surface area contributed by atoms with Crippen molar-refractivity contribution in [3.63, 3.8) is 0 Å². The van der Waals surface area contributed by atoms with Gasteiger partial charge in [-0.1, -0.05) is 55.5 Å². The molecular weight excluding hydrogens is 426 g/mol. The van der Waals surface area contributed by atoms with Gasteiger partial charge >= 0.3 is 11.9 Å². The standard InChI is InChI=1S/C25H29NO5S/c1-17(21(25(30)31-2)14-13-18-9-5-3-6-10-18)23(27)26-16-20(15-22(26)24(28)29)32-19-11-7-4-8-12-19/h3-12,17,20-22H,13-16H2,1-2H3,(H,28,29)/t17?,20?,21?,22-/m0/s1. The molecule has 7 heteroatoms. The van der Waals surface area contributed by atoms with Crippen molar-refractivity contribution in [1.29, 1.82) is 0 Å². The molecule has 3 rings (SSSR count). The molecule has 0 aliphatic carbocycles. The number of ether oxygens (including phenoxy) is 1. The van der Waals surface area contributed by atoms with Crippen molar-refractivity contribution in [2.45, 2.75) is 42.4 Å². The maximum Gasteiger partial charge on any atom is 0.326 e. The normalized spacial score (nSPS) is 19.9. The Hall–Kier alpha value is -2.80. The van der Waals surface area contributed by atoms with Crippen molar-refractivity contribution in [3.05, 3.63) is 66.2 Å². The molecule has 0 saturated carbocycles. The molecule has 2 aromatic carbocycles. The van der Waals surface area contributed by atoms with Gasteiger partial charge < -0.3 is 14.7 Å². The number of nitrogens with zero attached hydrogens (tertiary/aromatic N) is 1. The number of thioether (sulfide) groups is 1. The number of esters is 1. The summed E-state index contributed by atoms with van der Waals surface area (Å²) >= 11 is 1.58. The first-order valence-electron chi connectivity index (χ1n) is 10.8. The van der Waals surface area contributed by atoms with E-state index < -0.39 is 29.8 Å². The molecule has 6 nitrogen and oxygen atoms in total. The molecule has 0 bridgehead atoms. The SMILES string of the molecule is COC(=O)C(CCc1ccccc1)C(C)C(=O)N1CC(Sc2ccccc2)C[C@H]1C(=O)O. The summed E-state index contributed by atoms with van der Waals surface area (Å²) < 4.78 is 4.98. The Kier molecular flexibility index (Phi) is 8.33. The lowest BCUT2D eigenvalue weighted by Crippen LogP contribution is -2.45. The number of likely N-dealkylation sites (tertiary alicyclic amines) is 1. The Morgan fingerprint density at radius 1 is 1.09 bits per heavy atom. The third kappa shape index (κ3) is 5.91. The predicted octanol–water partition coefficient (Wildman–Crippen LogP) is 3.89. The summed E-state index contributed by atoms with van der Waals surface area (Å²) in [6.07, 6.45) is 1.46. The smallest absolute Gasteiger partial charge is 0.326 e. The largest absolute Gasteiger partial charge is 0.480 e. The van der Waals surface area contributed by atoms with Gasteiger partial charge in [0.25, 0.3) is 0 Å². The van der Waals surface area contributed by atoms with Gasteiger partial charge in [-0.15, -0.1) is 11.8 Å². The summed E-state index contributed by atoms with van der Waals surface area (Å²) in [5.41, 5.74) is 1.07. The minimum absolute atomic E-state index is 0.0180. The first kappa shape index (κ1) is 23.9. The second-order valence-corrected chi connectivity index (χ2v) is 9.45. The third-order valence-electron chi connectivity index (χ3n) is 5.96. The highest BCUT2D eigenvalue weighted by atomic mass is 32.2. The lowest BCUT2D eigenvalue weighted by atomic mass is 9.87. The number of carbonyl (C=O) groups is 3. The number of hydrogen-bond acceptors (Lipinski definition) is 5. The number of benzene rings is 2. The summed E-state index contributed by atoms with van der Waals surface area (Å²) in [5, 5.41) is 9.73. The molecule has 3 unspecified atom stereocenters. The van der Waals surface area contributed by atoms with Crippen LogP contribution in [0.1, 0.15) is 25.3 Å². The molecule has 32 heavy (non-hydrogen) atoms. The topological polar surface area (TPSA) is 83.9 Å². The van der Waals surface area contributed by atoms with Crippen molar-refractivity contribution in [2.75, 3.05) is 13.7 Å². The van der Waals surface area contributed by atoms with Crippen LogP contribution in [0.3, 0.4) is 0 Å². The Morgan fingerprint density at radius 2 is 1.72 bits per heavy atom. The molecule has 1 aliphatic rings. The van der Waals surface area contributed by atoms with Crippen molar-refractivity contribution in [2.24, 2.45) is 11.8 Å². The lowest BCUT2D eigenvalue weighted by molar-refractivity contribution is -0.155. The summed E-state index contributed by atoms with van der Waals surface area (Å²) in [5.74, 6) is -3.07. The number of carboxylic acids is 1. The maximum atomic E-state index is 13.4. The molecule has 2 aromatic rings. The van der Waals surface area contributed by atoms with Crippen LogP contribution < -0.4 is 0 Å². The average molecular weight is 456 g/mol. The average Bonchev–Trinajstić information content (AvgIpc) is 3.23. The van der Waals surface area contributed by atoms with Crippen LogP contribution in [0.4, 0.5) is 0 Å². The fourth-order valence-corrected chi connectivity index (χ4v) is 5.39. The fraction of sp³-hybridized carbons (Fsp3) is 0.400. The molecule has 1 saturated heterocycles. The van der Waals surface area contributed by atoms with Crippen molar-refractivity contribution in [3.8, 4) is 0 Å². The van der Waals surface area contributed by atoms with E-state index in [-0.39, 0.29) is 11.2 Å². The van der Waals surface area contributed by atoms with Crippen LogP contribution in [0.2, 0.25) is 0 Å². The first-order chi connectivity index (χ1) is 15.4. The molecule has 1 amide bonds. The van der Waals surface area contributed by atoms with E-state index in [1.54, 1.807) is 18.7 Å². The van der Waals surface area contributed by atoms with Gasteiger partial charge in [-0.25, -0.2) is 4.79 Å². The van der Waals surface area contributed by atoms with E-state index in [9.17, 15) is 19.5 Å². The third-order valence-corrected chi connectivity index (χ3v) is 7.18. The minimum Gasteiger partial charge on any atom is -0.480 e. The molecule has 0 spiro atoms. The van der Waals surface area contributed by atoms with E-state index in [4.69, 9.17) is 4.74 Å². The Morgan fingerprint density at radius 3 is 2.31 bits per heavy atom. The number of carboxylic acid groups (broad SMARTS) is 1. The zero-order valence-corrected chi connectivity index (χ0v) is 19.2. The van der Waals surface area contributed by atoms with Crippen LogP contribution in [0.15, 0.2) is 65.6 Å². The Labute approximate surface area is 193 Å². The van der Waals surface area contributed by atoms with Crippen molar-refractivity contribution in [1.82, 2.24) is 4.90 Å². The monoisotopic (exact) mass is 455 g/mol. The van der Waals surface area contributed by atoms with Crippen LogP contribution in [-0.4, -0.2) is 52.8 Å². The van der Waals surface area contributed by atoms with Crippen LogP contribution >= 0.6 is 11.8 Å². The molecule has 1 aliphatic heterocycles. The number of methoxy groups -OCH3 is 1. The highest BCUT2D eigenvalue weighted by molar-refractivity contribution is 8.00. The summed E-state index contributed by atoms with van der Waals surface area (Å²) in [6.45, 7) is 2.04. The Balaban J connectivity index is 1.72. The summed E-state index contributed by atoms with van der Waals surface area (Å²) in [6, 6.07) is 18.6. The van der Waals surface area contributed by atoms with E-state index in [0.29, 0.717) is 25.8 Å². The number of aryl methyl sites for hydroxylation is 1. The molecule has 1 heterocycles. The molecule has 170 valence electrons. The minimum atomic E-state index is -1.01. The van der Waals surface area contributed by atoms with Crippen molar-refractivity contribution < 1.29 is 24.2 Å². The first-order valence-corrected chi connectivity index (χ1v) is 11.7. The number of hydrogen-bond donors (Lipinski definition) is 1. The second-order valence-electron chi connectivity index (χ2n) is 8.08. The second kappa shape index (κ2) is 11.2. The Bertz CT molecular complexity index is 920. The van der Waals surface area contributed by atoms with Gasteiger partial charge in [-0.05, 0) is 37.0 Å². The molecule has 0 radical (unpaired) electrons. The van der Waals surface area contributed by atoms with Gasteiger partial charge in [0.2, 0.25) is 5.91 Å².